The van der Waals surface area contributed by atoms with Crippen LogP contribution in [0.15, 0.2) is 70.7 Å². The minimum Gasteiger partial charge on any atom is -0.494 e. The van der Waals surface area contributed by atoms with Gasteiger partial charge in [0.2, 0.25) is 0 Å². The number of nitrogens with one attached hydrogen (secondary N) is 1. The van der Waals surface area contributed by atoms with Crippen molar-refractivity contribution in [2.24, 2.45) is 0 Å². The average Bonchev–Trinajstić information content (AvgIpc) is 2.83. The van der Waals surface area contributed by atoms with Gasteiger partial charge in [0.15, 0.2) is 0 Å². The van der Waals surface area contributed by atoms with Gasteiger partial charge in [-0.25, -0.2) is 0 Å². The monoisotopic (exact) mass is 627 g/mol. The van der Waals surface area contributed by atoms with Crippen LogP contribution < -0.4 is 14.8 Å². The summed E-state index contributed by atoms with van der Waals surface area (Å²) < 4.78 is 12.8. The molecule has 0 saturated carbocycles. The summed E-state index contributed by atoms with van der Waals surface area (Å²) in [7, 11) is 0. The molecule has 1 amide bonds. The van der Waals surface area contributed by atoms with Crippen molar-refractivity contribution in [2.45, 2.75) is 13.5 Å². The first-order chi connectivity index (χ1) is 16.4. The highest BCUT2D eigenvalue weighted by atomic mass is 127. The van der Waals surface area contributed by atoms with Crippen LogP contribution in [0.2, 0.25) is 0 Å². The van der Waals surface area contributed by atoms with Gasteiger partial charge in [0, 0.05) is 11.3 Å². The summed E-state index contributed by atoms with van der Waals surface area (Å²) in [5.41, 5.74) is 2.54. The Kier molecular flexibility index (Phi) is 9.08. The normalized spacial score (nSPS) is 10.7. The quantitative estimate of drug-likeness (QED) is 0.176. The van der Waals surface area contributed by atoms with Gasteiger partial charge in [0.25, 0.3) is 5.91 Å². The maximum Gasteiger partial charge on any atom is 0.266 e. The van der Waals surface area contributed by atoms with E-state index in [9.17, 15) is 15.3 Å². The number of anilines is 1. The Morgan fingerprint density at radius 2 is 1.85 bits per heavy atom. The van der Waals surface area contributed by atoms with Crippen LogP contribution in [0.1, 0.15) is 23.6 Å². The lowest BCUT2D eigenvalue weighted by Gasteiger charge is -2.12. The number of amides is 1. The summed E-state index contributed by atoms with van der Waals surface area (Å²) in [5.74, 6) is 0.809. The van der Waals surface area contributed by atoms with Crippen LogP contribution in [-0.2, 0) is 11.4 Å². The second-order valence-electron chi connectivity index (χ2n) is 6.95. The summed E-state index contributed by atoms with van der Waals surface area (Å²) in [6.07, 6.45) is 1.52. The van der Waals surface area contributed by atoms with E-state index in [2.05, 4.69) is 49.9 Å². The predicted molar refractivity (Wildman–Crippen MR) is 142 cm³/mol. The molecule has 3 aromatic rings. The van der Waals surface area contributed by atoms with Crippen molar-refractivity contribution in [3.63, 3.8) is 0 Å². The van der Waals surface area contributed by atoms with E-state index in [-0.39, 0.29) is 12.2 Å². The van der Waals surface area contributed by atoms with E-state index in [1.807, 2.05) is 37.3 Å². The number of carbonyl (C=O) groups excluding carboxylic acids is 1. The Hall–Kier alpha value is -3.34. The fourth-order valence-corrected chi connectivity index (χ4v) is 4.79. The maximum atomic E-state index is 12.6. The van der Waals surface area contributed by atoms with E-state index in [0.717, 1.165) is 9.13 Å². The van der Waals surface area contributed by atoms with Crippen molar-refractivity contribution in [1.29, 1.82) is 10.5 Å². The Morgan fingerprint density at radius 1 is 1.12 bits per heavy atom. The van der Waals surface area contributed by atoms with E-state index in [4.69, 9.17) is 9.47 Å². The van der Waals surface area contributed by atoms with Crippen molar-refractivity contribution in [1.82, 2.24) is 0 Å². The summed E-state index contributed by atoms with van der Waals surface area (Å²) in [4.78, 5) is 12.6. The number of nitrogens with zero attached hydrogens (tertiary/aromatic N) is 2. The smallest absolute Gasteiger partial charge is 0.266 e. The van der Waals surface area contributed by atoms with E-state index < -0.39 is 5.91 Å². The van der Waals surface area contributed by atoms with Gasteiger partial charge in [0.1, 0.15) is 29.7 Å². The molecule has 6 nitrogen and oxygen atoms in total. The zero-order chi connectivity index (χ0) is 24.5. The van der Waals surface area contributed by atoms with E-state index >= 15 is 0 Å². The highest BCUT2D eigenvalue weighted by molar-refractivity contribution is 14.1. The van der Waals surface area contributed by atoms with Gasteiger partial charge in [-0.1, -0.05) is 18.2 Å². The Balaban J connectivity index is 1.75. The maximum absolute atomic E-state index is 12.6. The van der Waals surface area contributed by atoms with Crippen molar-refractivity contribution >= 4 is 56.2 Å². The van der Waals surface area contributed by atoms with Crippen LogP contribution in [0.3, 0.4) is 0 Å². The molecule has 3 rings (SSSR count). The Morgan fingerprint density at radius 3 is 2.50 bits per heavy atom. The molecule has 8 heteroatoms. The third-order valence-electron chi connectivity index (χ3n) is 4.63. The molecule has 0 atom stereocenters. The molecule has 0 unspecified atom stereocenters. The van der Waals surface area contributed by atoms with Gasteiger partial charge >= 0.3 is 0 Å². The second-order valence-corrected chi connectivity index (χ2v) is 8.97. The third-order valence-corrected chi connectivity index (χ3v) is 6.02. The molecule has 0 saturated heterocycles. The van der Waals surface area contributed by atoms with Crippen LogP contribution in [0.4, 0.5) is 5.69 Å². The van der Waals surface area contributed by atoms with Gasteiger partial charge in [-0.3, -0.25) is 4.79 Å². The first-order valence-electron chi connectivity index (χ1n) is 10.2. The molecule has 0 fully saturated rings. The van der Waals surface area contributed by atoms with Gasteiger partial charge < -0.3 is 14.8 Å². The average molecular weight is 628 g/mol. The van der Waals surface area contributed by atoms with E-state index in [0.29, 0.717) is 39.4 Å². The minimum absolute atomic E-state index is 0.0341. The zero-order valence-corrected chi connectivity index (χ0v) is 21.9. The largest absolute Gasteiger partial charge is 0.494 e. The lowest BCUT2D eigenvalue weighted by molar-refractivity contribution is -0.112. The molecule has 0 aliphatic heterocycles. The van der Waals surface area contributed by atoms with Crippen molar-refractivity contribution < 1.29 is 14.3 Å². The number of benzene rings is 3. The lowest BCUT2D eigenvalue weighted by Crippen LogP contribution is -2.13. The van der Waals surface area contributed by atoms with Gasteiger partial charge in [0.05, 0.1) is 26.3 Å². The Labute approximate surface area is 220 Å². The molecule has 0 spiro atoms. The number of carbonyl (C=O) groups is 1. The van der Waals surface area contributed by atoms with Crippen LogP contribution in [-0.4, -0.2) is 12.5 Å². The van der Waals surface area contributed by atoms with Crippen molar-refractivity contribution in [3.05, 3.63) is 91.0 Å². The molecule has 170 valence electrons. The lowest BCUT2D eigenvalue weighted by atomic mass is 10.1. The van der Waals surface area contributed by atoms with Crippen molar-refractivity contribution in [2.75, 3.05) is 11.9 Å². The molecule has 34 heavy (non-hydrogen) atoms. The molecule has 0 aliphatic carbocycles. The molecule has 0 aliphatic rings. The summed E-state index contributed by atoms with van der Waals surface area (Å²) >= 11 is 5.64. The first-order valence-corrected chi connectivity index (χ1v) is 12.1. The first kappa shape index (κ1) is 25.3. The van der Waals surface area contributed by atoms with E-state index in [1.54, 1.807) is 36.4 Å². The Bertz CT molecular complexity index is 1290. The number of rotatable bonds is 8. The minimum atomic E-state index is -0.508. The molecule has 0 radical (unpaired) electrons. The number of halogens is 2. The fraction of sp³-hybridized carbons (Fsp3) is 0.115. The van der Waals surface area contributed by atoms with E-state index in [1.165, 1.54) is 6.08 Å². The zero-order valence-electron chi connectivity index (χ0n) is 18.1. The van der Waals surface area contributed by atoms with Crippen LogP contribution in [0.5, 0.6) is 11.5 Å². The molecule has 0 aromatic heterocycles. The standard InChI is InChI=1S/C26H19BrIN3O3/c1-2-33-22-9-7-21(8-10-22)31-26(32)20(15-30)11-17-12-23(27)25(24(28)13-17)34-16-19-6-4-3-5-18(19)14-29/h3-13H,2,16H2,1H3,(H,31,32)/b20-11-. The SMILES string of the molecule is CCOc1ccc(NC(=O)/C(C#N)=C\c2cc(Br)c(OCc3ccccc3C#N)c(I)c2)cc1. The van der Waals surface area contributed by atoms with Crippen LogP contribution >= 0.6 is 38.5 Å². The number of hydrogen-bond donors (Lipinski definition) is 1. The fourth-order valence-electron chi connectivity index (χ4n) is 3.02. The summed E-state index contributed by atoms with van der Waals surface area (Å²) in [5, 5.41) is 21.5. The highest BCUT2D eigenvalue weighted by Crippen LogP contribution is 2.33. The topological polar surface area (TPSA) is 95.1 Å². The predicted octanol–water partition coefficient (Wildman–Crippen LogP) is 6.45. The van der Waals surface area contributed by atoms with Gasteiger partial charge in [-0.05, 0) is 99.5 Å². The summed E-state index contributed by atoms with van der Waals surface area (Å²) in [6.45, 7) is 2.69. The molecule has 0 heterocycles. The highest BCUT2D eigenvalue weighted by Gasteiger charge is 2.13. The van der Waals surface area contributed by atoms with Crippen LogP contribution in [0, 0.1) is 26.2 Å². The molecule has 0 bridgehead atoms. The molecular formula is C26H19BrIN3O3. The number of nitriles is 2. The molecule has 1 N–H and O–H groups in total. The third kappa shape index (κ3) is 6.60. The molecular weight excluding hydrogens is 609 g/mol. The summed E-state index contributed by atoms with van der Waals surface area (Å²) in [6, 6.07) is 21.9. The number of ether oxygens (including phenoxy) is 2. The van der Waals surface area contributed by atoms with Crippen molar-refractivity contribution in [3.8, 4) is 23.6 Å². The second kappa shape index (κ2) is 12.2. The van der Waals surface area contributed by atoms with Gasteiger partial charge in [-0.2, -0.15) is 10.5 Å². The molecule has 3 aromatic carbocycles. The van der Waals surface area contributed by atoms with Crippen LogP contribution in [0.25, 0.3) is 6.08 Å². The van der Waals surface area contributed by atoms with Gasteiger partial charge in [-0.15, -0.1) is 0 Å². The number of hydrogen-bond acceptors (Lipinski definition) is 5.